The van der Waals surface area contributed by atoms with Crippen LogP contribution in [0.15, 0.2) is 66.7 Å². The molecule has 36 heavy (non-hydrogen) atoms. The van der Waals surface area contributed by atoms with Crippen molar-refractivity contribution in [2.24, 2.45) is 0 Å². The quantitative estimate of drug-likeness (QED) is 0.607. The average Bonchev–Trinajstić information content (AvgIpc) is 2.98. The van der Waals surface area contributed by atoms with Gasteiger partial charge < -0.3 is 24.4 Å². The van der Waals surface area contributed by atoms with E-state index in [2.05, 4.69) is 10.2 Å². The number of nitrogens with one attached hydrogen (secondary N) is 1. The topological polar surface area (TPSA) is 80.3 Å². The number of rotatable bonds is 4. The molecule has 1 N–H and O–H groups in total. The summed E-state index contributed by atoms with van der Waals surface area (Å²) in [4.78, 5) is 30.1. The van der Waals surface area contributed by atoms with Gasteiger partial charge in [0.1, 0.15) is 23.9 Å². The number of nitrogens with zero attached hydrogens (tertiary/aromatic N) is 2. The number of anilines is 1. The first-order valence-electron chi connectivity index (χ1n) is 11.9. The van der Waals surface area contributed by atoms with Crippen molar-refractivity contribution in [3.8, 4) is 28.4 Å². The molecule has 2 heterocycles. The van der Waals surface area contributed by atoms with Crippen molar-refractivity contribution in [2.75, 3.05) is 52.3 Å². The molecule has 5 rings (SSSR count). The molecular weight excluding hydrogens is 458 g/mol. The van der Waals surface area contributed by atoms with E-state index in [0.29, 0.717) is 49.0 Å². The van der Waals surface area contributed by atoms with Gasteiger partial charge in [0.05, 0.1) is 38.1 Å². The first-order chi connectivity index (χ1) is 17.6. The molecule has 0 bridgehead atoms. The number of methoxy groups -OCH3 is 2. The second-order valence-electron chi connectivity index (χ2n) is 8.88. The molecule has 0 aliphatic carbocycles. The van der Waals surface area contributed by atoms with Gasteiger partial charge in [0, 0.05) is 19.6 Å². The number of hydrogen-bond acceptors (Lipinski definition) is 6. The highest BCUT2D eigenvalue weighted by atomic mass is 16.5. The van der Waals surface area contributed by atoms with E-state index < -0.39 is 0 Å². The molecule has 2 amide bonds. The first-order valence-corrected chi connectivity index (χ1v) is 11.9. The summed E-state index contributed by atoms with van der Waals surface area (Å²) in [6.07, 6.45) is 0. The van der Waals surface area contributed by atoms with E-state index in [1.54, 1.807) is 26.4 Å². The Morgan fingerprint density at radius 3 is 2.64 bits per heavy atom. The Kier molecular flexibility index (Phi) is 6.77. The molecule has 1 fully saturated rings. The van der Waals surface area contributed by atoms with Crippen molar-refractivity contribution in [2.45, 2.75) is 6.04 Å². The first kappa shape index (κ1) is 23.7. The summed E-state index contributed by atoms with van der Waals surface area (Å²) in [7, 11) is 3.20. The molecule has 0 unspecified atom stereocenters. The van der Waals surface area contributed by atoms with Crippen molar-refractivity contribution in [1.82, 2.24) is 9.80 Å². The Morgan fingerprint density at radius 2 is 1.81 bits per heavy atom. The van der Waals surface area contributed by atoms with E-state index in [1.165, 1.54) is 0 Å². The van der Waals surface area contributed by atoms with Gasteiger partial charge in [0.15, 0.2) is 0 Å². The van der Waals surface area contributed by atoms with Gasteiger partial charge in [-0.1, -0.05) is 30.3 Å². The fraction of sp³-hybridized carbons (Fsp3) is 0.286. The number of benzene rings is 3. The lowest BCUT2D eigenvalue weighted by Gasteiger charge is -2.40. The average molecular weight is 488 g/mol. The summed E-state index contributed by atoms with van der Waals surface area (Å²) in [5, 5.41) is 3.02. The Hall–Kier alpha value is -4.04. The molecule has 0 saturated carbocycles. The minimum atomic E-state index is -0.118. The molecule has 0 radical (unpaired) electrons. The Morgan fingerprint density at radius 1 is 0.972 bits per heavy atom. The smallest absolute Gasteiger partial charge is 0.257 e. The Bertz CT molecular complexity index is 1280. The maximum atomic E-state index is 13.3. The zero-order chi connectivity index (χ0) is 25.1. The number of fused-ring (bicyclic) bond motifs is 2. The van der Waals surface area contributed by atoms with Gasteiger partial charge in [-0.15, -0.1) is 0 Å². The fourth-order valence-corrected chi connectivity index (χ4v) is 4.73. The highest BCUT2D eigenvalue weighted by Gasteiger charge is 2.33. The third kappa shape index (κ3) is 4.85. The summed E-state index contributed by atoms with van der Waals surface area (Å²) in [6.45, 7) is 2.15. The van der Waals surface area contributed by atoms with E-state index in [1.807, 2.05) is 59.5 Å². The minimum absolute atomic E-state index is 0.0836. The number of carbonyl (C=O) groups excluding carboxylic acids is 2. The highest BCUT2D eigenvalue weighted by molar-refractivity contribution is 5.97. The van der Waals surface area contributed by atoms with Crippen LogP contribution in [0.5, 0.6) is 17.2 Å². The summed E-state index contributed by atoms with van der Waals surface area (Å²) >= 11 is 0. The van der Waals surface area contributed by atoms with Gasteiger partial charge in [0.25, 0.3) is 5.91 Å². The van der Waals surface area contributed by atoms with Gasteiger partial charge >= 0.3 is 0 Å². The number of para-hydroxylation sites is 1. The normalized spacial score (nSPS) is 17.9. The molecule has 8 nitrogen and oxygen atoms in total. The molecule has 0 spiro atoms. The largest absolute Gasteiger partial charge is 0.497 e. The number of amides is 2. The van der Waals surface area contributed by atoms with Gasteiger partial charge in [-0.2, -0.15) is 0 Å². The van der Waals surface area contributed by atoms with E-state index in [0.717, 1.165) is 16.9 Å². The van der Waals surface area contributed by atoms with Crippen LogP contribution in [0.2, 0.25) is 0 Å². The van der Waals surface area contributed by atoms with E-state index in [9.17, 15) is 9.59 Å². The van der Waals surface area contributed by atoms with Gasteiger partial charge in [-0.3, -0.25) is 14.5 Å². The second-order valence-corrected chi connectivity index (χ2v) is 8.88. The van der Waals surface area contributed by atoms with Crippen molar-refractivity contribution in [1.29, 1.82) is 0 Å². The van der Waals surface area contributed by atoms with Gasteiger partial charge in [-0.05, 0) is 47.5 Å². The van der Waals surface area contributed by atoms with Crippen LogP contribution in [-0.2, 0) is 4.79 Å². The zero-order valence-electron chi connectivity index (χ0n) is 20.4. The third-order valence-electron chi connectivity index (χ3n) is 6.66. The lowest BCUT2D eigenvalue weighted by molar-refractivity contribution is -0.118. The van der Waals surface area contributed by atoms with Crippen LogP contribution in [-0.4, -0.2) is 74.7 Å². The molecule has 1 saturated heterocycles. The summed E-state index contributed by atoms with van der Waals surface area (Å²) < 4.78 is 16.9. The van der Waals surface area contributed by atoms with Crippen LogP contribution in [0.3, 0.4) is 0 Å². The van der Waals surface area contributed by atoms with Gasteiger partial charge in [-0.25, -0.2) is 0 Å². The van der Waals surface area contributed by atoms with Crippen molar-refractivity contribution in [3.63, 3.8) is 0 Å². The molecule has 0 aromatic heterocycles. The maximum absolute atomic E-state index is 13.3. The molecule has 3 aromatic rings. The van der Waals surface area contributed by atoms with Crippen molar-refractivity contribution >= 4 is 17.5 Å². The number of hydrogen-bond donors (Lipinski definition) is 1. The Labute approximate surface area is 210 Å². The van der Waals surface area contributed by atoms with Crippen LogP contribution in [0.25, 0.3) is 11.1 Å². The minimum Gasteiger partial charge on any atom is -0.497 e. The summed E-state index contributed by atoms with van der Waals surface area (Å²) in [6, 6.07) is 20.6. The van der Waals surface area contributed by atoms with E-state index in [-0.39, 0.29) is 24.4 Å². The molecule has 2 aliphatic heterocycles. The third-order valence-corrected chi connectivity index (χ3v) is 6.66. The van der Waals surface area contributed by atoms with Crippen LogP contribution in [0, 0.1) is 0 Å². The van der Waals surface area contributed by atoms with Gasteiger partial charge in [0.2, 0.25) is 5.91 Å². The van der Waals surface area contributed by atoms with E-state index in [4.69, 9.17) is 14.2 Å². The molecule has 1 atom stereocenters. The predicted octanol–water partition coefficient (Wildman–Crippen LogP) is 3.53. The summed E-state index contributed by atoms with van der Waals surface area (Å²) in [5.41, 5.74) is 3.09. The summed E-state index contributed by atoms with van der Waals surface area (Å²) in [5.74, 6) is 1.72. The molecule has 186 valence electrons. The fourth-order valence-electron chi connectivity index (χ4n) is 4.73. The number of piperazine rings is 1. The molecule has 3 aromatic carbocycles. The molecule has 2 aliphatic rings. The number of carbonyl (C=O) groups is 2. The second kappa shape index (κ2) is 10.3. The SMILES string of the molecule is COc1cccc(-c2ccc3c(c2)NC(=O)CN2CCN(C(=O)c4ccccc4OC)C[C@@H]2CO3)c1. The highest BCUT2D eigenvalue weighted by Crippen LogP contribution is 2.33. The van der Waals surface area contributed by atoms with Crippen LogP contribution < -0.4 is 19.5 Å². The maximum Gasteiger partial charge on any atom is 0.257 e. The lowest BCUT2D eigenvalue weighted by atomic mass is 10.0. The molecule has 8 heteroatoms. The molecular formula is C28H29N3O5. The lowest BCUT2D eigenvalue weighted by Crippen LogP contribution is -2.57. The van der Waals surface area contributed by atoms with Crippen LogP contribution in [0.4, 0.5) is 5.69 Å². The van der Waals surface area contributed by atoms with Crippen LogP contribution >= 0.6 is 0 Å². The predicted molar refractivity (Wildman–Crippen MR) is 137 cm³/mol. The standard InChI is InChI=1S/C28H29N3O5/c1-34-22-7-5-6-19(14-22)20-10-11-26-24(15-20)29-27(32)17-30-12-13-31(16-21(30)18-36-26)28(33)23-8-3-4-9-25(23)35-2/h3-11,14-15,21H,12-13,16-18H2,1-2H3,(H,29,32)/t21-/m1/s1. The monoisotopic (exact) mass is 487 g/mol. The number of ether oxygens (including phenoxy) is 3. The van der Waals surface area contributed by atoms with E-state index >= 15 is 0 Å². The van der Waals surface area contributed by atoms with Crippen LogP contribution in [0.1, 0.15) is 10.4 Å². The van der Waals surface area contributed by atoms with Crippen molar-refractivity contribution in [3.05, 3.63) is 72.3 Å². The Balaban J connectivity index is 1.36. The zero-order valence-corrected chi connectivity index (χ0v) is 20.4. The van der Waals surface area contributed by atoms with Crippen molar-refractivity contribution < 1.29 is 23.8 Å².